The molecule has 11 heteroatoms. The molecule has 3 heterocycles. The van der Waals surface area contributed by atoms with Gasteiger partial charge in [0, 0.05) is 5.56 Å². The number of nitrogens with one attached hydrogen (secondary N) is 1. The molecule has 0 spiro atoms. The minimum Gasteiger partial charge on any atom is -0.444 e. The lowest BCUT2D eigenvalue weighted by Crippen LogP contribution is -2.10. The number of rotatable bonds is 6. The zero-order valence-corrected chi connectivity index (χ0v) is 16.7. The summed E-state index contributed by atoms with van der Waals surface area (Å²) in [5.74, 6) is 1.21. The average molecular weight is 464 g/mol. The summed E-state index contributed by atoms with van der Waals surface area (Å²) in [6.45, 7) is 0. The molecule has 4 rings (SSSR count). The molecule has 0 aliphatic carbocycles. The van der Waals surface area contributed by atoms with Crippen molar-refractivity contribution >= 4 is 50.1 Å². The molecule has 0 fully saturated rings. The lowest BCUT2D eigenvalue weighted by atomic mass is 10.2. The molecule has 0 aliphatic heterocycles. The van der Waals surface area contributed by atoms with Crippen molar-refractivity contribution in [3.8, 4) is 11.5 Å². The van der Waals surface area contributed by atoms with Crippen molar-refractivity contribution in [2.24, 2.45) is 0 Å². The molecule has 4 aromatic rings. The Labute approximate surface area is 169 Å². The van der Waals surface area contributed by atoms with Crippen molar-refractivity contribution in [2.75, 3.05) is 5.32 Å². The summed E-state index contributed by atoms with van der Waals surface area (Å²) in [5.41, 5.74) is 0.867. The van der Waals surface area contributed by atoms with Gasteiger partial charge < -0.3 is 8.83 Å². The van der Waals surface area contributed by atoms with Crippen molar-refractivity contribution in [3.63, 3.8) is 0 Å². The topological polar surface area (TPSA) is 107 Å². The summed E-state index contributed by atoms with van der Waals surface area (Å²) in [7, 11) is 0. The van der Waals surface area contributed by atoms with Crippen LogP contribution in [0.15, 0.2) is 60.3 Å². The Balaban J connectivity index is 1.35. The van der Waals surface area contributed by atoms with Crippen molar-refractivity contribution < 1.29 is 13.6 Å². The fourth-order valence-corrected chi connectivity index (χ4v) is 3.94. The number of nitrogens with zero attached hydrogens (tertiary/aromatic N) is 4. The third kappa shape index (κ3) is 4.43. The highest BCUT2D eigenvalue weighted by atomic mass is 79.9. The Morgan fingerprint density at radius 1 is 1.07 bits per heavy atom. The molecule has 1 aromatic carbocycles. The second-order valence-corrected chi connectivity index (χ2v) is 8.07. The van der Waals surface area contributed by atoms with Gasteiger partial charge in [-0.2, -0.15) is 0 Å². The number of hydrogen-bond donors (Lipinski definition) is 1. The Morgan fingerprint density at radius 2 is 1.93 bits per heavy atom. The van der Waals surface area contributed by atoms with Gasteiger partial charge in [-0.1, -0.05) is 41.3 Å². The molecule has 3 aromatic heterocycles. The maximum Gasteiger partial charge on any atom is 0.293 e. The Bertz CT molecular complexity index is 1060. The monoisotopic (exact) mass is 463 g/mol. The Kier molecular flexibility index (Phi) is 5.32. The molecule has 0 atom stereocenters. The molecular weight excluding hydrogens is 454 g/mol. The van der Waals surface area contributed by atoms with Crippen molar-refractivity contribution in [3.05, 3.63) is 58.8 Å². The molecule has 27 heavy (non-hydrogen) atoms. The first-order valence-electron chi connectivity index (χ1n) is 7.58. The van der Waals surface area contributed by atoms with E-state index in [1.807, 2.05) is 30.3 Å². The summed E-state index contributed by atoms with van der Waals surface area (Å²) >= 11 is 5.80. The van der Waals surface area contributed by atoms with Gasteiger partial charge in [0.05, 0.1) is 5.75 Å². The molecule has 8 nitrogen and oxygen atoms in total. The van der Waals surface area contributed by atoms with Crippen LogP contribution in [-0.4, -0.2) is 26.3 Å². The molecule has 0 aliphatic rings. The normalized spacial score (nSPS) is 10.9. The van der Waals surface area contributed by atoms with E-state index < -0.39 is 5.91 Å². The Hall–Kier alpha value is -2.50. The standard InChI is InChI=1S/C16H10BrN5O3S2/c17-11-7-6-10(24-11)13(23)18-15-21-22-16(27-15)26-8-12-19-20-14(25-12)9-4-2-1-3-5-9/h1-7H,8H2,(H,18,21,23). The molecule has 1 N–H and O–H groups in total. The smallest absolute Gasteiger partial charge is 0.293 e. The zero-order chi connectivity index (χ0) is 18.6. The van der Waals surface area contributed by atoms with Gasteiger partial charge in [0.25, 0.3) is 5.91 Å². The molecular formula is C16H10BrN5O3S2. The van der Waals surface area contributed by atoms with Gasteiger partial charge in [0.15, 0.2) is 14.8 Å². The molecule has 0 radical (unpaired) electrons. The number of hydrogen-bond acceptors (Lipinski definition) is 9. The van der Waals surface area contributed by atoms with Gasteiger partial charge >= 0.3 is 0 Å². The third-order valence-corrected chi connectivity index (χ3v) is 5.61. The largest absolute Gasteiger partial charge is 0.444 e. The maximum atomic E-state index is 12.0. The quantitative estimate of drug-likeness (QED) is 0.329. The van der Waals surface area contributed by atoms with E-state index in [1.165, 1.54) is 23.1 Å². The highest BCUT2D eigenvalue weighted by molar-refractivity contribution is 9.10. The van der Waals surface area contributed by atoms with Gasteiger partial charge in [-0.05, 0) is 40.2 Å². The maximum absolute atomic E-state index is 12.0. The second kappa shape index (κ2) is 8.03. The second-order valence-electron chi connectivity index (χ2n) is 5.09. The first kappa shape index (κ1) is 17.9. The number of amides is 1. The van der Waals surface area contributed by atoms with Crippen LogP contribution >= 0.6 is 39.0 Å². The first-order chi connectivity index (χ1) is 13.2. The van der Waals surface area contributed by atoms with Gasteiger partial charge in [-0.3, -0.25) is 10.1 Å². The summed E-state index contributed by atoms with van der Waals surface area (Å²) in [6, 6.07) is 12.8. The SMILES string of the molecule is O=C(Nc1nnc(SCc2nnc(-c3ccccc3)o2)s1)c1ccc(Br)o1. The molecule has 136 valence electrons. The number of furan rings is 1. The highest BCUT2D eigenvalue weighted by Gasteiger charge is 2.15. The van der Waals surface area contributed by atoms with E-state index in [2.05, 4.69) is 41.6 Å². The lowest BCUT2D eigenvalue weighted by Gasteiger charge is -1.96. The first-order valence-corrected chi connectivity index (χ1v) is 10.2. The molecule has 0 saturated heterocycles. The van der Waals surface area contributed by atoms with Crippen LogP contribution in [0.5, 0.6) is 0 Å². The zero-order valence-electron chi connectivity index (χ0n) is 13.5. The number of aromatic nitrogens is 4. The molecule has 0 bridgehead atoms. The van der Waals surface area contributed by atoms with Crippen LogP contribution in [-0.2, 0) is 5.75 Å². The fraction of sp³-hybridized carbons (Fsp3) is 0.0625. The lowest BCUT2D eigenvalue weighted by molar-refractivity contribution is 0.0995. The summed E-state index contributed by atoms with van der Waals surface area (Å²) in [5, 5.41) is 19.1. The van der Waals surface area contributed by atoms with Crippen molar-refractivity contribution in [2.45, 2.75) is 10.1 Å². The number of carbonyl (C=O) groups excluding carboxylic acids is 1. The average Bonchev–Trinajstić information content (AvgIpc) is 3.42. The number of carbonyl (C=O) groups is 1. The van der Waals surface area contributed by atoms with Crippen LogP contribution in [0.1, 0.15) is 16.4 Å². The van der Waals surface area contributed by atoms with E-state index in [1.54, 1.807) is 12.1 Å². The van der Waals surface area contributed by atoms with Crippen LogP contribution in [0.3, 0.4) is 0 Å². The van der Waals surface area contributed by atoms with E-state index >= 15 is 0 Å². The van der Waals surface area contributed by atoms with E-state index in [9.17, 15) is 4.79 Å². The minimum atomic E-state index is -0.391. The van der Waals surface area contributed by atoms with Gasteiger partial charge in [-0.25, -0.2) is 0 Å². The fourth-order valence-electron chi connectivity index (χ4n) is 2.05. The highest BCUT2D eigenvalue weighted by Crippen LogP contribution is 2.29. The summed E-state index contributed by atoms with van der Waals surface area (Å²) in [6.07, 6.45) is 0. The van der Waals surface area contributed by atoms with Gasteiger partial charge in [-0.15, -0.1) is 20.4 Å². The Morgan fingerprint density at radius 3 is 2.70 bits per heavy atom. The summed E-state index contributed by atoms with van der Waals surface area (Å²) in [4.78, 5) is 12.0. The summed E-state index contributed by atoms with van der Waals surface area (Å²) < 4.78 is 12.0. The van der Waals surface area contributed by atoms with Gasteiger partial charge in [0.2, 0.25) is 16.9 Å². The van der Waals surface area contributed by atoms with Crippen LogP contribution in [0.4, 0.5) is 5.13 Å². The predicted molar refractivity (Wildman–Crippen MR) is 104 cm³/mol. The van der Waals surface area contributed by atoms with Crippen LogP contribution < -0.4 is 5.32 Å². The molecule has 0 saturated carbocycles. The molecule has 1 amide bonds. The number of halogens is 1. The number of benzene rings is 1. The van der Waals surface area contributed by atoms with E-state index in [-0.39, 0.29) is 5.76 Å². The van der Waals surface area contributed by atoms with Gasteiger partial charge in [0.1, 0.15) is 0 Å². The van der Waals surface area contributed by atoms with Crippen LogP contribution in [0, 0.1) is 0 Å². The van der Waals surface area contributed by atoms with Crippen LogP contribution in [0.2, 0.25) is 0 Å². The van der Waals surface area contributed by atoms with E-state index in [0.717, 1.165) is 5.56 Å². The number of thioether (sulfide) groups is 1. The van der Waals surface area contributed by atoms with E-state index in [0.29, 0.717) is 31.7 Å². The third-order valence-electron chi connectivity index (χ3n) is 3.23. The van der Waals surface area contributed by atoms with Crippen molar-refractivity contribution in [1.29, 1.82) is 0 Å². The van der Waals surface area contributed by atoms with E-state index in [4.69, 9.17) is 8.83 Å². The molecule has 0 unspecified atom stereocenters. The predicted octanol–water partition coefficient (Wildman–Crippen LogP) is 4.49. The minimum absolute atomic E-state index is 0.186. The van der Waals surface area contributed by atoms with Crippen molar-refractivity contribution in [1.82, 2.24) is 20.4 Å². The number of anilines is 1. The van der Waals surface area contributed by atoms with Crippen LogP contribution in [0.25, 0.3) is 11.5 Å².